The minimum Gasteiger partial charge on any atom is -0.378 e. The van der Waals surface area contributed by atoms with Gasteiger partial charge in [0.2, 0.25) is 0 Å². The summed E-state index contributed by atoms with van der Waals surface area (Å²) in [6.07, 6.45) is 5.14. The normalized spacial score (nSPS) is 21.4. The van der Waals surface area contributed by atoms with Crippen molar-refractivity contribution in [2.45, 2.75) is 45.2 Å². The molecule has 0 saturated carbocycles. The van der Waals surface area contributed by atoms with E-state index in [9.17, 15) is 0 Å². The largest absolute Gasteiger partial charge is 0.378 e. The number of nitrogens with zero attached hydrogens (tertiary/aromatic N) is 4. The molecule has 5 rings (SSSR count). The highest BCUT2D eigenvalue weighted by atomic mass is 16.5. The Hall–Kier alpha value is -2.18. The van der Waals surface area contributed by atoms with Crippen LogP contribution >= 0.6 is 0 Å². The van der Waals surface area contributed by atoms with Crippen molar-refractivity contribution in [2.24, 2.45) is 0 Å². The molecule has 0 amide bonds. The van der Waals surface area contributed by atoms with Crippen molar-refractivity contribution < 1.29 is 4.74 Å². The van der Waals surface area contributed by atoms with Crippen LogP contribution in [-0.4, -0.2) is 57.0 Å². The molecule has 3 aromatic rings. The zero-order chi connectivity index (χ0) is 18.5. The molecule has 3 aromatic heterocycles. The minimum atomic E-state index is 0.348. The zero-order valence-corrected chi connectivity index (χ0v) is 16.3. The molecule has 2 aliphatic heterocycles. The van der Waals surface area contributed by atoms with Gasteiger partial charge in [-0.25, -0.2) is 4.98 Å². The number of likely N-dealkylation sites (tertiary alicyclic amines) is 1. The van der Waals surface area contributed by atoms with E-state index in [1.807, 2.05) is 12.4 Å². The number of rotatable bonds is 4. The molecule has 1 atom stereocenters. The highest BCUT2D eigenvalue weighted by Gasteiger charge is 2.34. The number of aryl methyl sites for hydroxylation is 1. The number of aromatic nitrogens is 4. The third kappa shape index (κ3) is 2.87. The Morgan fingerprint density at radius 3 is 2.85 bits per heavy atom. The van der Waals surface area contributed by atoms with E-state index in [-0.39, 0.29) is 0 Å². The molecule has 0 spiro atoms. The zero-order valence-electron chi connectivity index (χ0n) is 16.3. The lowest BCUT2D eigenvalue weighted by molar-refractivity contribution is -0.0573. The first kappa shape index (κ1) is 17.0. The number of nitrogens with one attached hydrogen (secondary N) is 1. The first-order valence-electron chi connectivity index (χ1n) is 9.95. The van der Waals surface area contributed by atoms with E-state index in [0.717, 1.165) is 43.2 Å². The van der Waals surface area contributed by atoms with Crippen LogP contribution < -0.4 is 0 Å². The maximum atomic E-state index is 5.38. The molecule has 1 unspecified atom stereocenters. The summed E-state index contributed by atoms with van der Waals surface area (Å²) in [5.41, 5.74) is 5.63. The Kier molecular flexibility index (Phi) is 4.06. The summed E-state index contributed by atoms with van der Waals surface area (Å²) in [4.78, 5) is 10.4. The van der Waals surface area contributed by atoms with E-state index >= 15 is 0 Å². The summed E-state index contributed by atoms with van der Waals surface area (Å²) >= 11 is 0. The second-order valence-electron chi connectivity index (χ2n) is 8.26. The van der Waals surface area contributed by atoms with Crippen LogP contribution in [0.25, 0.3) is 22.3 Å². The van der Waals surface area contributed by atoms with Crippen LogP contribution in [0.15, 0.2) is 24.5 Å². The maximum Gasteiger partial charge on any atom is 0.137 e. The van der Waals surface area contributed by atoms with E-state index in [1.165, 1.54) is 23.1 Å². The van der Waals surface area contributed by atoms with Crippen molar-refractivity contribution in [1.82, 2.24) is 24.6 Å². The standard InChI is InChI=1S/C21H27N5O/c1-13(2)26-20(15-4-5-25(10-15)17-11-27-12-17)7-19(24-26)16-6-18-14(3)8-22-21(18)23-9-16/h6-9,13,15,17H,4-5,10-12H2,1-3H3,(H,22,23). The van der Waals surface area contributed by atoms with Gasteiger partial charge in [-0.15, -0.1) is 0 Å². The molecule has 2 saturated heterocycles. The number of hydrogen-bond donors (Lipinski definition) is 1. The van der Waals surface area contributed by atoms with Crippen LogP contribution in [0.1, 0.15) is 43.5 Å². The Balaban J connectivity index is 1.48. The summed E-state index contributed by atoms with van der Waals surface area (Å²) in [7, 11) is 0. The van der Waals surface area contributed by atoms with Gasteiger partial charge in [-0.3, -0.25) is 9.58 Å². The van der Waals surface area contributed by atoms with Crippen molar-refractivity contribution in [2.75, 3.05) is 26.3 Å². The van der Waals surface area contributed by atoms with Crippen molar-refractivity contribution >= 4 is 11.0 Å². The fourth-order valence-electron chi connectivity index (χ4n) is 4.34. The van der Waals surface area contributed by atoms with Crippen LogP contribution in [0, 0.1) is 6.92 Å². The molecule has 6 nitrogen and oxygen atoms in total. The van der Waals surface area contributed by atoms with E-state index < -0.39 is 0 Å². The summed E-state index contributed by atoms with van der Waals surface area (Å²) in [6, 6.07) is 5.46. The molecule has 142 valence electrons. The van der Waals surface area contributed by atoms with Crippen LogP contribution in [0.2, 0.25) is 0 Å². The van der Waals surface area contributed by atoms with Gasteiger partial charge in [-0.1, -0.05) is 0 Å². The Morgan fingerprint density at radius 1 is 1.26 bits per heavy atom. The molecule has 5 heterocycles. The molecular formula is C21H27N5O. The number of pyridine rings is 1. The molecular weight excluding hydrogens is 338 g/mol. The maximum absolute atomic E-state index is 5.38. The average Bonchev–Trinajstić information content (AvgIpc) is 3.31. The molecule has 2 fully saturated rings. The number of aromatic amines is 1. The summed E-state index contributed by atoms with van der Waals surface area (Å²) in [5.74, 6) is 0.542. The minimum absolute atomic E-state index is 0.348. The van der Waals surface area contributed by atoms with E-state index in [4.69, 9.17) is 9.84 Å². The number of fused-ring (bicyclic) bond motifs is 1. The van der Waals surface area contributed by atoms with Gasteiger partial charge >= 0.3 is 0 Å². The lowest BCUT2D eigenvalue weighted by atomic mass is 10.0. The average molecular weight is 365 g/mol. The second-order valence-corrected chi connectivity index (χ2v) is 8.26. The quantitative estimate of drug-likeness (QED) is 0.769. The number of hydrogen-bond acceptors (Lipinski definition) is 4. The predicted octanol–water partition coefficient (Wildman–Crippen LogP) is 3.50. The third-order valence-corrected chi connectivity index (χ3v) is 6.06. The highest BCUT2D eigenvalue weighted by Crippen LogP contribution is 2.34. The van der Waals surface area contributed by atoms with Crippen molar-refractivity contribution in [3.63, 3.8) is 0 Å². The molecule has 0 bridgehead atoms. The number of H-pyrrole nitrogens is 1. The molecule has 2 aliphatic rings. The first-order valence-corrected chi connectivity index (χ1v) is 9.95. The SMILES string of the molecule is Cc1c[nH]c2ncc(-c3cc(C4CCN(C5COC5)C4)n(C(C)C)n3)cc12. The second kappa shape index (κ2) is 6.46. The summed E-state index contributed by atoms with van der Waals surface area (Å²) in [6.45, 7) is 10.6. The van der Waals surface area contributed by atoms with E-state index in [0.29, 0.717) is 18.0 Å². The van der Waals surface area contributed by atoms with Gasteiger partial charge in [-0.05, 0) is 51.4 Å². The first-order chi connectivity index (χ1) is 13.1. The Morgan fingerprint density at radius 2 is 2.11 bits per heavy atom. The molecule has 0 radical (unpaired) electrons. The monoisotopic (exact) mass is 365 g/mol. The lowest BCUT2D eigenvalue weighted by Gasteiger charge is -2.34. The van der Waals surface area contributed by atoms with Gasteiger partial charge in [0, 0.05) is 47.5 Å². The van der Waals surface area contributed by atoms with Crippen LogP contribution in [0.5, 0.6) is 0 Å². The summed E-state index contributed by atoms with van der Waals surface area (Å²) < 4.78 is 7.60. The fraction of sp³-hybridized carbons (Fsp3) is 0.524. The van der Waals surface area contributed by atoms with Crippen LogP contribution in [0.4, 0.5) is 0 Å². The predicted molar refractivity (Wildman–Crippen MR) is 106 cm³/mol. The lowest BCUT2D eigenvalue weighted by Crippen LogP contribution is -2.47. The van der Waals surface area contributed by atoms with Crippen molar-refractivity contribution in [1.29, 1.82) is 0 Å². The number of ether oxygens (including phenoxy) is 1. The van der Waals surface area contributed by atoms with Gasteiger partial charge in [0.1, 0.15) is 5.65 Å². The topological polar surface area (TPSA) is 59.0 Å². The molecule has 1 N–H and O–H groups in total. The van der Waals surface area contributed by atoms with Gasteiger partial charge in [0.05, 0.1) is 24.9 Å². The molecule has 0 aromatic carbocycles. The van der Waals surface area contributed by atoms with Gasteiger partial charge in [0.15, 0.2) is 0 Å². The van der Waals surface area contributed by atoms with Crippen LogP contribution in [0.3, 0.4) is 0 Å². The molecule has 6 heteroatoms. The third-order valence-electron chi connectivity index (χ3n) is 6.06. The van der Waals surface area contributed by atoms with Crippen molar-refractivity contribution in [3.05, 3.63) is 35.8 Å². The van der Waals surface area contributed by atoms with Crippen molar-refractivity contribution in [3.8, 4) is 11.3 Å². The smallest absolute Gasteiger partial charge is 0.137 e. The van der Waals surface area contributed by atoms with Gasteiger partial charge in [-0.2, -0.15) is 5.10 Å². The molecule has 0 aliphatic carbocycles. The molecule has 27 heavy (non-hydrogen) atoms. The Labute approximate surface area is 159 Å². The Bertz CT molecular complexity index is 968. The van der Waals surface area contributed by atoms with Crippen LogP contribution in [-0.2, 0) is 4.74 Å². The van der Waals surface area contributed by atoms with Gasteiger partial charge in [0.25, 0.3) is 0 Å². The summed E-state index contributed by atoms with van der Waals surface area (Å²) in [5, 5.41) is 6.14. The fourth-order valence-corrected chi connectivity index (χ4v) is 4.34. The van der Waals surface area contributed by atoms with E-state index in [2.05, 4.69) is 52.5 Å². The van der Waals surface area contributed by atoms with E-state index in [1.54, 1.807) is 0 Å². The van der Waals surface area contributed by atoms with Gasteiger partial charge < -0.3 is 9.72 Å². The highest BCUT2D eigenvalue weighted by molar-refractivity contribution is 5.83.